The number of nitrogens with two attached hydrogens (primary N) is 1. The van der Waals surface area contributed by atoms with Crippen LogP contribution in [0.3, 0.4) is 0 Å². The Balaban J connectivity index is 1.89. The molecule has 0 fully saturated rings. The number of aromatic nitrogens is 2. The second kappa shape index (κ2) is 5.82. The third-order valence-electron chi connectivity index (χ3n) is 4.29. The van der Waals surface area contributed by atoms with Crippen LogP contribution in [-0.4, -0.2) is 29.2 Å². The summed E-state index contributed by atoms with van der Waals surface area (Å²) in [5, 5.41) is 0. The molecule has 0 bridgehead atoms. The van der Waals surface area contributed by atoms with Crippen molar-refractivity contribution in [1.82, 2.24) is 14.3 Å². The Bertz CT molecular complexity index is 855. The zero-order valence-corrected chi connectivity index (χ0v) is 15.0. The van der Waals surface area contributed by atoms with E-state index in [1.807, 2.05) is 12.1 Å². The average molecular weight is 346 g/mol. The van der Waals surface area contributed by atoms with Crippen molar-refractivity contribution in [2.75, 3.05) is 12.3 Å². The first-order valence-electron chi connectivity index (χ1n) is 7.89. The Labute approximate surface area is 142 Å². The van der Waals surface area contributed by atoms with Crippen molar-refractivity contribution in [3.63, 3.8) is 0 Å². The van der Waals surface area contributed by atoms with Crippen molar-refractivity contribution in [2.24, 2.45) is 0 Å². The summed E-state index contributed by atoms with van der Waals surface area (Å²) < 4.78 is 27.2. The lowest BCUT2D eigenvalue weighted by Crippen LogP contribution is -2.36. The molecular weight excluding hydrogens is 324 g/mol. The number of hydrogen-bond donors (Lipinski definition) is 1. The molecule has 1 aromatic carbocycles. The molecule has 1 aliphatic rings. The molecule has 1 aliphatic heterocycles. The van der Waals surface area contributed by atoms with Gasteiger partial charge in [-0.3, -0.25) is 0 Å². The minimum absolute atomic E-state index is 0.0131. The number of benzene rings is 1. The van der Waals surface area contributed by atoms with Gasteiger partial charge in [0.2, 0.25) is 16.0 Å². The lowest BCUT2D eigenvalue weighted by molar-refractivity contribution is 0.385. The minimum Gasteiger partial charge on any atom is -0.368 e. The summed E-state index contributed by atoms with van der Waals surface area (Å²) in [5.74, 6) is 0.169. The summed E-state index contributed by atoms with van der Waals surface area (Å²) in [5.41, 5.74) is 8.35. The number of hydrogen-bond acceptors (Lipinski definition) is 5. The lowest BCUT2D eigenvalue weighted by Gasteiger charge is -2.27. The molecule has 0 unspecified atom stereocenters. The summed E-state index contributed by atoms with van der Waals surface area (Å²) in [4.78, 5) is 8.45. The van der Waals surface area contributed by atoms with Crippen LogP contribution < -0.4 is 5.73 Å². The maximum absolute atomic E-state index is 12.9. The molecular formula is C17H22N4O2S. The van der Waals surface area contributed by atoms with E-state index in [-0.39, 0.29) is 17.9 Å². The third kappa shape index (κ3) is 3.14. The molecule has 0 saturated heterocycles. The Morgan fingerprint density at radius 1 is 1.17 bits per heavy atom. The van der Waals surface area contributed by atoms with Crippen LogP contribution in [0.4, 0.5) is 5.95 Å². The Morgan fingerprint density at radius 3 is 2.46 bits per heavy atom. The third-order valence-corrected chi connectivity index (χ3v) is 6.15. The quantitative estimate of drug-likeness (QED) is 0.899. The van der Waals surface area contributed by atoms with Crippen molar-refractivity contribution < 1.29 is 8.42 Å². The maximum Gasteiger partial charge on any atom is 0.243 e. The average Bonchev–Trinajstić information content (AvgIpc) is 2.53. The number of rotatable bonds is 2. The Kier molecular flexibility index (Phi) is 4.09. The van der Waals surface area contributed by atoms with Crippen molar-refractivity contribution in [3.05, 3.63) is 47.3 Å². The van der Waals surface area contributed by atoms with Crippen molar-refractivity contribution >= 4 is 16.0 Å². The van der Waals surface area contributed by atoms with E-state index in [4.69, 9.17) is 5.73 Å². The van der Waals surface area contributed by atoms with E-state index >= 15 is 0 Å². The molecule has 0 aliphatic carbocycles. The SMILES string of the molecule is CC(C)(C)c1ccc(S(=O)(=O)N2CCc3cnc(N)nc3C2)cc1. The molecule has 0 saturated carbocycles. The van der Waals surface area contributed by atoms with Gasteiger partial charge in [0.1, 0.15) is 0 Å². The van der Waals surface area contributed by atoms with Crippen LogP contribution in [0.25, 0.3) is 0 Å². The van der Waals surface area contributed by atoms with Crippen LogP contribution >= 0.6 is 0 Å². The van der Waals surface area contributed by atoms with Gasteiger partial charge in [-0.1, -0.05) is 32.9 Å². The molecule has 0 atom stereocenters. The number of nitrogen functional groups attached to an aromatic ring is 1. The van der Waals surface area contributed by atoms with E-state index in [0.29, 0.717) is 23.6 Å². The Hall–Kier alpha value is -1.99. The van der Waals surface area contributed by atoms with Gasteiger partial charge in [-0.15, -0.1) is 0 Å². The van der Waals surface area contributed by atoms with Gasteiger partial charge in [-0.2, -0.15) is 4.31 Å². The summed E-state index contributed by atoms with van der Waals surface area (Å²) >= 11 is 0. The molecule has 0 amide bonds. The van der Waals surface area contributed by atoms with Crippen LogP contribution in [0.15, 0.2) is 35.4 Å². The van der Waals surface area contributed by atoms with Gasteiger partial charge in [0, 0.05) is 12.7 Å². The maximum atomic E-state index is 12.9. The highest BCUT2D eigenvalue weighted by atomic mass is 32.2. The highest BCUT2D eigenvalue weighted by molar-refractivity contribution is 7.89. The summed E-state index contributed by atoms with van der Waals surface area (Å²) in [6, 6.07) is 7.12. The molecule has 128 valence electrons. The van der Waals surface area contributed by atoms with Gasteiger partial charge in [0.15, 0.2) is 0 Å². The van der Waals surface area contributed by atoms with Gasteiger partial charge in [-0.25, -0.2) is 18.4 Å². The highest BCUT2D eigenvalue weighted by Gasteiger charge is 2.29. The second-order valence-corrected chi connectivity index (χ2v) is 9.00. The first-order chi connectivity index (χ1) is 11.2. The zero-order chi connectivity index (χ0) is 17.5. The molecule has 7 heteroatoms. The normalized spacial score (nSPS) is 16.0. The molecule has 2 N–H and O–H groups in total. The van der Waals surface area contributed by atoms with Gasteiger partial charge in [-0.05, 0) is 35.1 Å². The fourth-order valence-electron chi connectivity index (χ4n) is 2.78. The number of fused-ring (bicyclic) bond motifs is 1. The van der Waals surface area contributed by atoms with Gasteiger partial charge < -0.3 is 5.73 Å². The number of sulfonamides is 1. The number of nitrogens with zero attached hydrogens (tertiary/aromatic N) is 3. The van der Waals surface area contributed by atoms with Crippen LogP contribution in [0, 0.1) is 0 Å². The smallest absolute Gasteiger partial charge is 0.243 e. The molecule has 6 nitrogen and oxygen atoms in total. The minimum atomic E-state index is -3.55. The van der Waals surface area contributed by atoms with Crippen molar-refractivity contribution in [2.45, 2.75) is 44.0 Å². The second-order valence-electron chi connectivity index (χ2n) is 7.06. The van der Waals surface area contributed by atoms with E-state index in [1.54, 1.807) is 18.3 Å². The fraction of sp³-hybridized carbons (Fsp3) is 0.412. The molecule has 0 radical (unpaired) electrons. The standard InChI is InChI=1S/C17H22N4O2S/c1-17(2,3)13-4-6-14(7-5-13)24(22,23)21-9-8-12-10-19-16(18)20-15(12)11-21/h4-7,10H,8-9,11H2,1-3H3,(H2,18,19,20). The predicted molar refractivity (Wildman–Crippen MR) is 92.9 cm³/mol. The molecule has 2 aromatic rings. The van der Waals surface area contributed by atoms with Crippen LogP contribution in [0.2, 0.25) is 0 Å². The van der Waals surface area contributed by atoms with Crippen LogP contribution in [-0.2, 0) is 28.4 Å². The zero-order valence-electron chi connectivity index (χ0n) is 14.2. The summed E-state index contributed by atoms with van der Waals surface area (Å²) in [6.07, 6.45) is 2.27. The van der Waals surface area contributed by atoms with E-state index in [2.05, 4.69) is 30.7 Å². The summed E-state index contributed by atoms with van der Waals surface area (Å²) in [6.45, 7) is 6.95. The highest BCUT2D eigenvalue weighted by Crippen LogP contribution is 2.27. The van der Waals surface area contributed by atoms with Gasteiger partial charge in [0.25, 0.3) is 0 Å². The van der Waals surface area contributed by atoms with Gasteiger partial charge in [0.05, 0.1) is 17.1 Å². The molecule has 24 heavy (non-hydrogen) atoms. The monoisotopic (exact) mass is 346 g/mol. The van der Waals surface area contributed by atoms with Crippen LogP contribution in [0.5, 0.6) is 0 Å². The topological polar surface area (TPSA) is 89.2 Å². The lowest BCUT2D eigenvalue weighted by atomic mass is 9.87. The van der Waals surface area contributed by atoms with Crippen molar-refractivity contribution in [1.29, 1.82) is 0 Å². The predicted octanol–water partition coefficient (Wildman–Crippen LogP) is 2.10. The van der Waals surface area contributed by atoms with Crippen molar-refractivity contribution in [3.8, 4) is 0 Å². The molecule has 3 rings (SSSR count). The first kappa shape index (κ1) is 16.9. The Morgan fingerprint density at radius 2 is 1.83 bits per heavy atom. The fourth-order valence-corrected chi connectivity index (χ4v) is 4.18. The van der Waals surface area contributed by atoms with E-state index in [0.717, 1.165) is 11.1 Å². The summed E-state index contributed by atoms with van der Waals surface area (Å²) in [7, 11) is -3.55. The van der Waals surface area contributed by atoms with Crippen LogP contribution in [0.1, 0.15) is 37.6 Å². The largest absolute Gasteiger partial charge is 0.368 e. The van der Waals surface area contributed by atoms with E-state index in [9.17, 15) is 8.42 Å². The molecule has 2 heterocycles. The first-order valence-corrected chi connectivity index (χ1v) is 9.33. The molecule has 1 aromatic heterocycles. The van der Waals surface area contributed by atoms with E-state index < -0.39 is 10.0 Å². The molecule has 0 spiro atoms. The van der Waals surface area contributed by atoms with Gasteiger partial charge >= 0.3 is 0 Å². The number of anilines is 1. The van der Waals surface area contributed by atoms with E-state index in [1.165, 1.54) is 4.31 Å².